The predicted molar refractivity (Wildman–Crippen MR) is 79.3 cm³/mol. The molecule has 1 unspecified atom stereocenters. The van der Waals surface area contributed by atoms with E-state index in [1.54, 1.807) is 11.8 Å². The highest BCUT2D eigenvalue weighted by molar-refractivity contribution is 7.98. The molecule has 1 aliphatic heterocycles. The maximum atomic E-state index is 10.1. The number of thioether (sulfide) groups is 1. The Balaban J connectivity index is 1.90. The molecule has 1 heterocycles. The number of hydrogen-bond donors (Lipinski definition) is 3. The first-order chi connectivity index (χ1) is 8.62. The van der Waals surface area contributed by atoms with Crippen LogP contribution in [0.15, 0.2) is 18.2 Å². The number of hydrogen-bond acceptors (Lipinski definition) is 4. The van der Waals surface area contributed by atoms with E-state index in [1.165, 1.54) is 16.8 Å². The molecule has 18 heavy (non-hydrogen) atoms. The minimum Gasteiger partial charge on any atom is -0.388 e. The van der Waals surface area contributed by atoms with Crippen molar-refractivity contribution in [2.75, 3.05) is 30.4 Å². The molecule has 1 aliphatic rings. The van der Waals surface area contributed by atoms with Crippen LogP contribution in [0.25, 0.3) is 0 Å². The molecule has 0 fully saturated rings. The van der Waals surface area contributed by atoms with Gasteiger partial charge in [-0.2, -0.15) is 11.8 Å². The van der Waals surface area contributed by atoms with Gasteiger partial charge in [0.15, 0.2) is 0 Å². The maximum Gasteiger partial charge on any atom is 0.0833 e. The van der Waals surface area contributed by atoms with Crippen LogP contribution in [0.4, 0.5) is 5.69 Å². The van der Waals surface area contributed by atoms with Crippen LogP contribution in [-0.4, -0.2) is 35.8 Å². The Labute approximate surface area is 113 Å². The van der Waals surface area contributed by atoms with Crippen LogP contribution in [0.1, 0.15) is 18.1 Å². The third-order valence-corrected chi connectivity index (χ3v) is 4.12. The Kier molecular flexibility index (Phi) is 4.54. The molecule has 4 heteroatoms. The molecule has 0 aromatic heterocycles. The van der Waals surface area contributed by atoms with Crippen LogP contribution in [0.5, 0.6) is 0 Å². The Morgan fingerprint density at radius 3 is 3.11 bits per heavy atom. The van der Waals surface area contributed by atoms with Crippen molar-refractivity contribution in [3.05, 3.63) is 29.3 Å². The van der Waals surface area contributed by atoms with E-state index in [0.717, 1.165) is 25.3 Å². The summed E-state index contributed by atoms with van der Waals surface area (Å²) in [6.45, 7) is 4.35. The molecule has 0 bridgehead atoms. The number of rotatable bonds is 6. The van der Waals surface area contributed by atoms with Crippen LogP contribution in [0, 0.1) is 0 Å². The smallest absolute Gasteiger partial charge is 0.0833 e. The third-order valence-electron chi connectivity index (χ3n) is 3.21. The maximum absolute atomic E-state index is 10.1. The second-order valence-electron chi connectivity index (χ2n) is 5.16. The van der Waals surface area contributed by atoms with E-state index in [9.17, 15) is 5.11 Å². The summed E-state index contributed by atoms with van der Waals surface area (Å²) in [5.41, 5.74) is 3.36. The van der Waals surface area contributed by atoms with Crippen LogP contribution >= 0.6 is 11.8 Å². The summed E-state index contributed by atoms with van der Waals surface area (Å²) in [4.78, 5) is 0. The molecule has 0 spiro atoms. The summed E-state index contributed by atoms with van der Waals surface area (Å²) in [7, 11) is 0. The largest absolute Gasteiger partial charge is 0.388 e. The number of fused-ring (bicyclic) bond motifs is 1. The molecular formula is C14H22N2OS. The summed E-state index contributed by atoms with van der Waals surface area (Å²) < 4.78 is 0. The van der Waals surface area contributed by atoms with Crippen molar-refractivity contribution in [2.45, 2.75) is 25.5 Å². The lowest BCUT2D eigenvalue weighted by atomic mass is 10.1. The molecule has 3 nitrogen and oxygen atoms in total. The van der Waals surface area contributed by atoms with Crippen LogP contribution in [0.2, 0.25) is 0 Å². The van der Waals surface area contributed by atoms with Gasteiger partial charge < -0.3 is 15.7 Å². The second kappa shape index (κ2) is 5.95. The van der Waals surface area contributed by atoms with Crippen molar-refractivity contribution in [2.24, 2.45) is 0 Å². The van der Waals surface area contributed by atoms with Crippen LogP contribution in [-0.2, 0) is 13.0 Å². The number of benzene rings is 1. The Morgan fingerprint density at radius 1 is 1.50 bits per heavy atom. The zero-order valence-electron chi connectivity index (χ0n) is 11.1. The quantitative estimate of drug-likeness (QED) is 0.735. The Bertz CT molecular complexity index is 407. The molecule has 3 N–H and O–H groups in total. The van der Waals surface area contributed by atoms with Crippen molar-refractivity contribution in [3.8, 4) is 0 Å². The number of nitrogens with one attached hydrogen (secondary N) is 2. The van der Waals surface area contributed by atoms with Gasteiger partial charge in [0.25, 0.3) is 0 Å². The van der Waals surface area contributed by atoms with Crippen molar-refractivity contribution in [1.29, 1.82) is 0 Å². The van der Waals surface area contributed by atoms with E-state index >= 15 is 0 Å². The first-order valence-corrected chi connectivity index (χ1v) is 7.78. The zero-order valence-corrected chi connectivity index (χ0v) is 11.9. The highest BCUT2D eigenvalue weighted by Crippen LogP contribution is 2.26. The number of anilines is 1. The minimum atomic E-state index is -0.634. The van der Waals surface area contributed by atoms with Crippen molar-refractivity contribution in [1.82, 2.24) is 5.32 Å². The van der Waals surface area contributed by atoms with E-state index in [4.69, 9.17) is 0 Å². The summed E-state index contributed by atoms with van der Waals surface area (Å²) in [5, 5.41) is 16.9. The monoisotopic (exact) mass is 266 g/mol. The molecule has 0 radical (unpaired) electrons. The molecule has 2 rings (SSSR count). The normalized spacial score (nSPS) is 17.1. The lowest BCUT2D eigenvalue weighted by molar-refractivity contribution is 0.0846. The molecule has 0 amide bonds. The fraction of sp³-hybridized carbons (Fsp3) is 0.571. The van der Waals surface area contributed by atoms with Gasteiger partial charge >= 0.3 is 0 Å². The molecule has 100 valence electrons. The molecule has 1 atom stereocenters. The van der Waals surface area contributed by atoms with Crippen LogP contribution in [0.3, 0.4) is 0 Å². The third kappa shape index (κ3) is 3.40. The first-order valence-electron chi connectivity index (χ1n) is 6.39. The summed E-state index contributed by atoms with van der Waals surface area (Å²) in [5.74, 6) is 0.755. The number of aliphatic hydroxyl groups is 1. The van der Waals surface area contributed by atoms with Gasteiger partial charge in [0.05, 0.1) is 5.60 Å². The van der Waals surface area contributed by atoms with Gasteiger partial charge in [-0.15, -0.1) is 0 Å². The highest BCUT2D eigenvalue weighted by Gasteiger charge is 2.19. The SMILES string of the molecule is CSCC(C)(O)CNCc1cccc2c1NCC2. The zero-order chi connectivity index (χ0) is 13.0. The van der Waals surface area contributed by atoms with Gasteiger partial charge in [-0.1, -0.05) is 18.2 Å². The standard InChI is InChI=1S/C14H22N2OS/c1-14(17,10-18-2)9-15-8-12-5-3-4-11-6-7-16-13(11)12/h3-5,15-17H,6-10H2,1-2H3. The van der Waals surface area contributed by atoms with E-state index in [2.05, 4.69) is 28.8 Å². The van der Waals surface area contributed by atoms with Gasteiger partial charge in [-0.05, 0) is 30.7 Å². The average molecular weight is 266 g/mol. The predicted octanol–water partition coefficient (Wildman–Crippen LogP) is 1.86. The minimum absolute atomic E-state index is 0.623. The molecular weight excluding hydrogens is 244 g/mol. The van der Waals surface area contributed by atoms with Gasteiger partial charge in [0.1, 0.15) is 0 Å². The van der Waals surface area contributed by atoms with Gasteiger partial charge in [0, 0.05) is 31.1 Å². The summed E-state index contributed by atoms with van der Waals surface area (Å²) in [6, 6.07) is 6.44. The van der Waals surface area contributed by atoms with E-state index in [0.29, 0.717) is 6.54 Å². The highest BCUT2D eigenvalue weighted by atomic mass is 32.2. The van der Waals surface area contributed by atoms with Crippen molar-refractivity contribution >= 4 is 17.4 Å². The van der Waals surface area contributed by atoms with Crippen molar-refractivity contribution < 1.29 is 5.11 Å². The van der Waals surface area contributed by atoms with E-state index in [1.807, 2.05) is 13.2 Å². The lowest BCUT2D eigenvalue weighted by Crippen LogP contribution is -2.39. The first kappa shape index (κ1) is 13.7. The average Bonchev–Trinajstić information content (AvgIpc) is 2.77. The fourth-order valence-corrected chi connectivity index (χ4v) is 3.11. The van der Waals surface area contributed by atoms with Crippen LogP contribution < -0.4 is 10.6 Å². The van der Waals surface area contributed by atoms with E-state index < -0.39 is 5.60 Å². The molecule has 0 aliphatic carbocycles. The second-order valence-corrected chi connectivity index (χ2v) is 6.03. The fourth-order valence-electron chi connectivity index (χ4n) is 2.39. The Hall–Kier alpha value is -0.710. The van der Waals surface area contributed by atoms with Crippen molar-refractivity contribution in [3.63, 3.8) is 0 Å². The Morgan fingerprint density at radius 2 is 2.33 bits per heavy atom. The van der Waals surface area contributed by atoms with E-state index in [-0.39, 0.29) is 0 Å². The van der Waals surface area contributed by atoms with Gasteiger partial charge in [0.2, 0.25) is 0 Å². The van der Waals surface area contributed by atoms with Gasteiger partial charge in [-0.3, -0.25) is 0 Å². The molecule has 1 aromatic rings. The van der Waals surface area contributed by atoms with Gasteiger partial charge in [-0.25, -0.2) is 0 Å². The molecule has 0 saturated heterocycles. The topological polar surface area (TPSA) is 44.3 Å². The molecule has 1 aromatic carbocycles. The summed E-state index contributed by atoms with van der Waals surface area (Å²) >= 11 is 1.67. The number of para-hydroxylation sites is 1. The summed E-state index contributed by atoms with van der Waals surface area (Å²) in [6.07, 6.45) is 3.13. The lowest BCUT2D eigenvalue weighted by Gasteiger charge is -2.23. The molecule has 0 saturated carbocycles.